The molecule has 4 rings (SSSR count). The van der Waals surface area contributed by atoms with Crippen LogP contribution in [-0.2, 0) is 0 Å². The van der Waals surface area contributed by atoms with E-state index >= 15 is 0 Å². The molecule has 2 heterocycles. The van der Waals surface area contributed by atoms with Gasteiger partial charge in [0.25, 0.3) is 11.8 Å². The number of imide groups is 1. The summed E-state index contributed by atoms with van der Waals surface area (Å²) in [5, 5.41) is 12.2. The number of amides is 2. The molecular formula is C20H18N4O3S2. The molecule has 0 bridgehead atoms. The number of carbonyl (C=O) groups excluding carboxylic acids is 2. The van der Waals surface area contributed by atoms with Crippen LogP contribution in [0.1, 0.15) is 27.6 Å². The SMILES string of the molecule is CCOc1ccccc1Nc1nnc(SCCN2C(=O)c3ccccc3C2=O)s1. The molecule has 9 heteroatoms. The van der Waals surface area contributed by atoms with E-state index < -0.39 is 0 Å². The smallest absolute Gasteiger partial charge is 0.261 e. The van der Waals surface area contributed by atoms with E-state index in [0.29, 0.717) is 35.2 Å². The molecular weight excluding hydrogens is 408 g/mol. The lowest BCUT2D eigenvalue weighted by atomic mass is 10.1. The number of fused-ring (bicyclic) bond motifs is 1. The van der Waals surface area contributed by atoms with Gasteiger partial charge in [0.15, 0.2) is 4.34 Å². The molecule has 7 nitrogen and oxygen atoms in total. The van der Waals surface area contributed by atoms with Crippen LogP contribution in [0.15, 0.2) is 52.9 Å². The molecule has 1 aliphatic heterocycles. The Balaban J connectivity index is 1.34. The van der Waals surface area contributed by atoms with Crippen LogP contribution >= 0.6 is 23.1 Å². The molecule has 0 radical (unpaired) electrons. The van der Waals surface area contributed by atoms with Crippen molar-refractivity contribution in [1.29, 1.82) is 0 Å². The maximum absolute atomic E-state index is 12.4. The average Bonchev–Trinajstić information content (AvgIpc) is 3.28. The summed E-state index contributed by atoms with van der Waals surface area (Å²) in [6, 6.07) is 14.5. The van der Waals surface area contributed by atoms with Crippen molar-refractivity contribution in [2.45, 2.75) is 11.3 Å². The fourth-order valence-corrected chi connectivity index (χ4v) is 4.71. The van der Waals surface area contributed by atoms with Gasteiger partial charge in [0, 0.05) is 12.3 Å². The van der Waals surface area contributed by atoms with Crippen LogP contribution in [-0.4, -0.2) is 45.8 Å². The van der Waals surface area contributed by atoms with Crippen LogP contribution in [0.3, 0.4) is 0 Å². The van der Waals surface area contributed by atoms with Crippen LogP contribution in [0.25, 0.3) is 0 Å². The summed E-state index contributed by atoms with van der Waals surface area (Å²) < 4.78 is 6.37. The van der Waals surface area contributed by atoms with Crippen molar-refractivity contribution in [3.8, 4) is 5.75 Å². The third-order valence-electron chi connectivity index (χ3n) is 4.25. The zero-order valence-corrected chi connectivity index (χ0v) is 17.3. The van der Waals surface area contributed by atoms with E-state index in [1.54, 1.807) is 24.3 Å². The van der Waals surface area contributed by atoms with Gasteiger partial charge in [0.2, 0.25) is 5.13 Å². The lowest BCUT2D eigenvalue weighted by Gasteiger charge is -2.12. The lowest BCUT2D eigenvalue weighted by molar-refractivity contribution is 0.0664. The molecule has 1 aliphatic rings. The van der Waals surface area contributed by atoms with Gasteiger partial charge >= 0.3 is 0 Å². The number of para-hydroxylation sites is 2. The van der Waals surface area contributed by atoms with Crippen molar-refractivity contribution in [1.82, 2.24) is 15.1 Å². The maximum Gasteiger partial charge on any atom is 0.261 e. The number of nitrogens with zero attached hydrogens (tertiary/aromatic N) is 3. The van der Waals surface area contributed by atoms with Crippen molar-refractivity contribution in [2.24, 2.45) is 0 Å². The molecule has 2 amide bonds. The molecule has 2 aromatic carbocycles. The third-order valence-corrected chi connectivity index (χ3v) is 6.21. The van der Waals surface area contributed by atoms with Crippen LogP contribution in [0.4, 0.5) is 10.8 Å². The van der Waals surface area contributed by atoms with Crippen LogP contribution in [0.5, 0.6) is 5.75 Å². The van der Waals surface area contributed by atoms with Gasteiger partial charge in [0.1, 0.15) is 5.75 Å². The van der Waals surface area contributed by atoms with E-state index in [4.69, 9.17) is 4.74 Å². The van der Waals surface area contributed by atoms with E-state index in [2.05, 4.69) is 15.5 Å². The Hall–Kier alpha value is -2.91. The summed E-state index contributed by atoms with van der Waals surface area (Å²) in [5.74, 6) is 0.831. The Morgan fingerprint density at radius 1 is 1.03 bits per heavy atom. The van der Waals surface area contributed by atoms with Gasteiger partial charge in [-0.25, -0.2) is 0 Å². The molecule has 1 aromatic heterocycles. The number of hydrogen-bond donors (Lipinski definition) is 1. The summed E-state index contributed by atoms with van der Waals surface area (Å²) in [5.41, 5.74) is 1.77. The maximum atomic E-state index is 12.4. The molecule has 0 atom stereocenters. The minimum absolute atomic E-state index is 0.238. The van der Waals surface area contributed by atoms with Gasteiger partial charge in [-0.1, -0.05) is 47.4 Å². The molecule has 1 N–H and O–H groups in total. The summed E-state index contributed by atoms with van der Waals surface area (Å²) in [6.07, 6.45) is 0. The predicted molar refractivity (Wildman–Crippen MR) is 113 cm³/mol. The van der Waals surface area contributed by atoms with Crippen molar-refractivity contribution in [3.05, 3.63) is 59.7 Å². The highest BCUT2D eigenvalue weighted by molar-refractivity contribution is 8.01. The largest absolute Gasteiger partial charge is 0.492 e. The average molecular weight is 427 g/mol. The number of ether oxygens (including phenoxy) is 1. The number of anilines is 2. The van der Waals surface area contributed by atoms with Gasteiger partial charge in [0.05, 0.1) is 23.4 Å². The number of benzene rings is 2. The van der Waals surface area contributed by atoms with Gasteiger partial charge in [-0.15, -0.1) is 10.2 Å². The molecule has 0 spiro atoms. The Bertz CT molecular complexity index is 1020. The van der Waals surface area contributed by atoms with Crippen molar-refractivity contribution in [2.75, 3.05) is 24.2 Å². The second-order valence-corrected chi connectivity index (χ2v) is 8.40. The van der Waals surface area contributed by atoms with E-state index in [0.717, 1.165) is 15.8 Å². The Labute approximate surface area is 176 Å². The molecule has 0 saturated heterocycles. The molecule has 29 heavy (non-hydrogen) atoms. The zero-order chi connectivity index (χ0) is 20.2. The van der Waals surface area contributed by atoms with Gasteiger partial charge in [-0.05, 0) is 31.2 Å². The second-order valence-electron chi connectivity index (χ2n) is 6.08. The Morgan fingerprint density at radius 3 is 2.45 bits per heavy atom. The number of nitrogens with one attached hydrogen (secondary N) is 1. The van der Waals surface area contributed by atoms with E-state index in [9.17, 15) is 9.59 Å². The third kappa shape index (κ3) is 4.10. The van der Waals surface area contributed by atoms with Gasteiger partial charge in [-0.2, -0.15) is 0 Å². The van der Waals surface area contributed by atoms with E-state index in [1.165, 1.54) is 28.0 Å². The quantitative estimate of drug-likeness (QED) is 0.429. The van der Waals surface area contributed by atoms with Crippen LogP contribution in [0.2, 0.25) is 0 Å². The molecule has 3 aromatic rings. The first kappa shape index (κ1) is 19.4. The number of thioether (sulfide) groups is 1. The number of carbonyl (C=O) groups is 2. The lowest BCUT2D eigenvalue weighted by Crippen LogP contribution is -2.31. The van der Waals surface area contributed by atoms with Crippen molar-refractivity contribution < 1.29 is 14.3 Å². The van der Waals surface area contributed by atoms with Gasteiger partial charge in [-0.3, -0.25) is 14.5 Å². The molecule has 148 valence electrons. The second kappa shape index (κ2) is 8.62. The van der Waals surface area contributed by atoms with Crippen molar-refractivity contribution >= 4 is 45.7 Å². The number of aromatic nitrogens is 2. The zero-order valence-electron chi connectivity index (χ0n) is 15.6. The molecule has 0 fully saturated rings. The molecule has 0 unspecified atom stereocenters. The monoisotopic (exact) mass is 426 g/mol. The van der Waals surface area contributed by atoms with Crippen LogP contribution < -0.4 is 10.1 Å². The summed E-state index contributed by atoms with van der Waals surface area (Å²) in [6.45, 7) is 2.84. The topological polar surface area (TPSA) is 84.4 Å². The summed E-state index contributed by atoms with van der Waals surface area (Å²) >= 11 is 2.88. The van der Waals surface area contributed by atoms with Crippen molar-refractivity contribution in [3.63, 3.8) is 0 Å². The minimum Gasteiger partial charge on any atom is -0.492 e. The van der Waals surface area contributed by atoms with E-state index in [-0.39, 0.29) is 11.8 Å². The number of rotatable bonds is 8. The first-order valence-corrected chi connectivity index (χ1v) is 10.9. The highest BCUT2D eigenvalue weighted by Gasteiger charge is 2.34. The predicted octanol–water partition coefficient (Wildman–Crippen LogP) is 4.07. The first-order valence-electron chi connectivity index (χ1n) is 9.07. The first-order chi connectivity index (χ1) is 14.2. The standard InChI is InChI=1S/C20H18N4O3S2/c1-2-27-16-10-6-5-9-15(16)21-19-22-23-20(29-19)28-12-11-24-17(25)13-7-3-4-8-14(13)18(24)26/h3-10H,2,11-12H2,1H3,(H,21,22). The fourth-order valence-electron chi connectivity index (χ4n) is 2.95. The molecule has 0 aliphatic carbocycles. The Morgan fingerprint density at radius 2 is 1.72 bits per heavy atom. The normalized spacial score (nSPS) is 12.9. The Kier molecular flexibility index (Phi) is 5.77. The number of hydrogen-bond acceptors (Lipinski definition) is 8. The van der Waals surface area contributed by atoms with Gasteiger partial charge < -0.3 is 10.1 Å². The van der Waals surface area contributed by atoms with Crippen LogP contribution in [0, 0.1) is 0 Å². The molecule has 0 saturated carbocycles. The fraction of sp³-hybridized carbons (Fsp3) is 0.200. The summed E-state index contributed by atoms with van der Waals surface area (Å²) in [7, 11) is 0. The minimum atomic E-state index is -0.238. The van der Waals surface area contributed by atoms with E-state index in [1.807, 2.05) is 31.2 Å². The highest BCUT2D eigenvalue weighted by Crippen LogP contribution is 2.32. The highest BCUT2D eigenvalue weighted by atomic mass is 32.2. The summed E-state index contributed by atoms with van der Waals surface area (Å²) in [4.78, 5) is 26.1.